The molecule has 2 saturated heterocycles. The first-order valence-electron chi connectivity index (χ1n) is 7.26. The third-order valence-corrected chi connectivity index (χ3v) is 6.08. The molecular weight excluding hydrogens is 304 g/mol. The normalized spacial score (nSPS) is 26.7. The maximum Gasteiger partial charge on any atom is 0.182 e. The topological polar surface area (TPSA) is 80.0 Å². The number of hydrogen-bond acceptors (Lipinski definition) is 8. The van der Waals surface area contributed by atoms with Crippen LogP contribution in [0.1, 0.15) is 12.8 Å². The third-order valence-electron chi connectivity index (χ3n) is 4.24. The first kappa shape index (κ1) is 13.5. The van der Waals surface area contributed by atoms with Crippen molar-refractivity contribution in [2.45, 2.75) is 24.9 Å². The molecule has 0 radical (unpaired) electrons. The van der Waals surface area contributed by atoms with E-state index in [2.05, 4.69) is 36.9 Å². The molecule has 0 amide bonds. The lowest BCUT2D eigenvalue weighted by molar-refractivity contribution is 0.155. The molecule has 8 heteroatoms. The van der Waals surface area contributed by atoms with Crippen molar-refractivity contribution in [2.75, 3.05) is 35.6 Å². The van der Waals surface area contributed by atoms with Gasteiger partial charge in [-0.2, -0.15) is 11.8 Å². The van der Waals surface area contributed by atoms with Crippen LogP contribution in [-0.4, -0.2) is 56.5 Å². The lowest BCUT2D eigenvalue weighted by Crippen LogP contribution is -2.55. The van der Waals surface area contributed by atoms with E-state index >= 15 is 0 Å². The van der Waals surface area contributed by atoms with E-state index in [0.29, 0.717) is 17.2 Å². The minimum absolute atomic E-state index is 0.438. The highest BCUT2D eigenvalue weighted by molar-refractivity contribution is 7.99. The van der Waals surface area contributed by atoms with Gasteiger partial charge >= 0.3 is 0 Å². The fraction of sp³-hybridized carbons (Fsp3) is 0.615. The average Bonchev–Trinajstić information content (AvgIpc) is 2.89. The van der Waals surface area contributed by atoms with Crippen LogP contribution in [0.2, 0.25) is 0 Å². The van der Waals surface area contributed by atoms with Gasteiger partial charge in [-0.05, 0) is 19.4 Å². The highest BCUT2D eigenvalue weighted by atomic mass is 32.2. The maximum atomic E-state index is 5.80. The van der Waals surface area contributed by atoms with Crippen LogP contribution in [0.15, 0.2) is 6.33 Å². The van der Waals surface area contributed by atoms with Crippen molar-refractivity contribution in [3.63, 3.8) is 0 Å². The number of rotatable bonds is 2. The Morgan fingerprint density at radius 1 is 1.33 bits per heavy atom. The Balaban J connectivity index is 1.61. The van der Waals surface area contributed by atoms with Crippen molar-refractivity contribution < 1.29 is 0 Å². The summed E-state index contributed by atoms with van der Waals surface area (Å²) in [6, 6.07) is 1.03. The molecule has 2 atom stereocenters. The van der Waals surface area contributed by atoms with Gasteiger partial charge in [-0.15, -0.1) is 0 Å². The van der Waals surface area contributed by atoms with Gasteiger partial charge in [0.1, 0.15) is 11.8 Å². The first-order valence-corrected chi connectivity index (χ1v) is 9.24. The van der Waals surface area contributed by atoms with Crippen molar-refractivity contribution in [1.82, 2.24) is 19.9 Å². The third kappa shape index (κ3) is 2.56. The number of thioether (sulfide) groups is 1. The van der Waals surface area contributed by atoms with Gasteiger partial charge in [0.15, 0.2) is 15.8 Å². The summed E-state index contributed by atoms with van der Waals surface area (Å²) < 4.78 is 0. The predicted molar refractivity (Wildman–Crippen MR) is 89.0 cm³/mol. The fourth-order valence-electron chi connectivity index (χ4n) is 3.23. The summed E-state index contributed by atoms with van der Waals surface area (Å²) in [5, 5.41) is 4.17. The van der Waals surface area contributed by atoms with Crippen LogP contribution >= 0.6 is 23.1 Å². The Kier molecular flexibility index (Phi) is 3.60. The molecule has 4 rings (SSSR count). The van der Waals surface area contributed by atoms with Crippen molar-refractivity contribution in [3.05, 3.63) is 6.33 Å². The Hall–Kier alpha value is -1.12. The van der Waals surface area contributed by atoms with Gasteiger partial charge in [-0.1, -0.05) is 11.3 Å². The van der Waals surface area contributed by atoms with Crippen molar-refractivity contribution in [3.8, 4) is 0 Å². The molecule has 2 fully saturated rings. The van der Waals surface area contributed by atoms with E-state index in [1.165, 1.54) is 48.8 Å². The molecule has 6 nitrogen and oxygen atoms in total. The summed E-state index contributed by atoms with van der Waals surface area (Å²) in [6.45, 7) is 2.43. The quantitative estimate of drug-likeness (QED) is 0.870. The largest absolute Gasteiger partial charge is 0.375 e. The average molecular weight is 322 g/mol. The number of nitrogen functional groups attached to an aromatic ring is 1. The zero-order valence-electron chi connectivity index (χ0n) is 11.7. The molecule has 21 heavy (non-hydrogen) atoms. The van der Waals surface area contributed by atoms with E-state index in [4.69, 9.17) is 5.73 Å². The van der Waals surface area contributed by atoms with E-state index < -0.39 is 0 Å². The summed E-state index contributed by atoms with van der Waals surface area (Å²) in [4.78, 5) is 16.5. The van der Waals surface area contributed by atoms with Gasteiger partial charge in [0.25, 0.3) is 0 Å². The van der Waals surface area contributed by atoms with Gasteiger partial charge in [0.05, 0.1) is 0 Å². The van der Waals surface area contributed by atoms with E-state index in [0.717, 1.165) is 16.2 Å². The standard InChI is InChI=1S/C13H18N6S2/c14-13-18-10-11(15-7-16-12(10)21-13)17-8-2-1-3-19-4-5-20-6-9(8)19/h7-9H,1-6H2,(H2,14,18)(H,15,16,17). The van der Waals surface area contributed by atoms with Gasteiger partial charge in [-0.3, -0.25) is 4.90 Å². The SMILES string of the molecule is Nc1nc2c(NC3CCCN4CCSCC34)ncnc2s1. The molecule has 2 aromatic rings. The van der Waals surface area contributed by atoms with Gasteiger partial charge in [0.2, 0.25) is 0 Å². The number of aromatic nitrogens is 3. The molecular formula is C13H18N6S2. The van der Waals surface area contributed by atoms with Crippen LogP contribution < -0.4 is 11.1 Å². The number of fused-ring (bicyclic) bond motifs is 2. The lowest BCUT2D eigenvalue weighted by Gasteiger charge is -2.44. The predicted octanol–water partition coefficient (Wildman–Crippen LogP) is 1.66. The van der Waals surface area contributed by atoms with Gasteiger partial charge < -0.3 is 11.1 Å². The van der Waals surface area contributed by atoms with Crippen LogP contribution in [0.4, 0.5) is 10.9 Å². The molecule has 0 saturated carbocycles. The number of nitrogens with two attached hydrogens (primary N) is 1. The molecule has 2 unspecified atom stereocenters. The zero-order valence-corrected chi connectivity index (χ0v) is 13.3. The van der Waals surface area contributed by atoms with Crippen molar-refractivity contribution in [2.24, 2.45) is 0 Å². The fourth-order valence-corrected chi connectivity index (χ4v) is 5.12. The molecule has 2 aliphatic heterocycles. The minimum Gasteiger partial charge on any atom is -0.375 e. The van der Waals surface area contributed by atoms with Gasteiger partial charge in [0, 0.05) is 30.1 Å². The number of hydrogen-bond donors (Lipinski definition) is 2. The number of piperidine rings is 1. The van der Waals surface area contributed by atoms with Crippen LogP contribution in [0.3, 0.4) is 0 Å². The molecule has 112 valence electrons. The summed E-state index contributed by atoms with van der Waals surface area (Å²) in [5.41, 5.74) is 6.61. The maximum absolute atomic E-state index is 5.80. The highest BCUT2D eigenvalue weighted by Crippen LogP contribution is 2.30. The van der Waals surface area contributed by atoms with Crippen molar-refractivity contribution >= 4 is 44.4 Å². The molecule has 0 aliphatic carbocycles. The van der Waals surface area contributed by atoms with E-state index in [-0.39, 0.29) is 0 Å². The Morgan fingerprint density at radius 2 is 2.29 bits per heavy atom. The van der Waals surface area contributed by atoms with Crippen LogP contribution in [0.5, 0.6) is 0 Å². The summed E-state index contributed by atoms with van der Waals surface area (Å²) in [7, 11) is 0. The minimum atomic E-state index is 0.438. The Morgan fingerprint density at radius 3 is 3.24 bits per heavy atom. The van der Waals surface area contributed by atoms with E-state index in [1.807, 2.05) is 0 Å². The van der Waals surface area contributed by atoms with Crippen LogP contribution in [0.25, 0.3) is 10.3 Å². The Bertz CT molecular complexity index is 643. The number of thiazole rings is 1. The van der Waals surface area contributed by atoms with Crippen LogP contribution in [-0.2, 0) is 0 Å². The number of nitrogens with zero attached hydrogens (tertiary/aromatic N) is 4. The monoisotopic (exact) mass is 322 g/mol. The second-order valence-electron chi connectivity index (χ2n) is 5.50. The molecule has 0 bridgehead atoms. The molecule has 4 heterocycles. The summed E-state index contributed by atoms with van der Waals surface area (Å²) in [6.07, 6.45) is 4.03. The van der Waals surface area contributed by atoms with E-state index in [1.54, 1.807) is 6.33 Å². The second-order valence-corrected chi connectivity index (χ2v) is 7.66. The van der Waals surface area contributed by atoms with E-state index in [9.17, 15) is 0 Å². The lowest BCUT2D eigenvalue weighted by atomic mass is 9.97. The summed E-state index contributed by atoms with van der Waals surface area (Å²) in [5.74, 6) is 3.28. The smallest absolute Gasteiger partial charge is 0.182 e. The zero-order chi connectivity index (χ0) is 14.2. The second kappa shape index (κ2) is 5.58. The molecule has 2 aliphatic rings. The molecule has 0 aromatic carbocycles. The molecule has 2 aromatic heterocycles. The first-order chi connectivity index (χ1) is 10.3. The van der Waals surface area contributed by atoms with Crippen LogP contribution in [0, 0.1) is 0 Å². The van der Waals surface area contributed by atoms with Gasteiger partial charge in [-0.25, -0.2) is 15.0 Å². The molecule has 3 N–H and O–H groups in total. The van der Waals surface area contributed by atoms with Crippen molar-refractivity contribution in [1.29, 1.82) is 0 Å². The highest BCUT2D eigenvalue weighted by Gasteiger charge is 2.33. The molecule has 0 spiro atoms. The number of nitrogens with one attached hydrogen (secondary N) is 1. The summed E-state index contributed by atoms with van der Waals surface area (Å²) >= 11 is 3.47. The number of anilines is 2. The Labute approximate surface area is 131 Å².